The van der Waals surface area contributed by atoms with Gasteiger partial charge in [-0.1, -0.05) is 0 Å². The Kier molecular flexibility index (Phi) is 1.29. The van der Waals surface area contributed by atoms with E-state index < -0.39 is 0 Å². The van der Waals surface area contributed by atoms with Gasteiger partial charge >= 0.3 is 53.6 Å². The molecule has 0 bridgehead atoms. The summed E-state index contributed by atoms with van der Waals surface area (Å²) in [5, 5.41) is 0. The Labute approximate surface area is 53.9 Å². The van der Waals surface area contributed by atoms with E-state index in [1.54, 1.807) is 0 Å². The summed E-state index contributed by atoms with van der Waals surface area (Å²) in [6.45, 7) is 1.91. The molecule has 0 aliphatic carbocycles. The fourth-order valence-corrected chi connectivity index (χ4v) is 2.53. The molecule has 1 rings (SSSR count). The quantitative estimate of drug-likeness (QED) is 0.266. The number of hydrogen-bond acceptors (Lipinski definition) is 2. The summed E-state index contributed by atoms with van der Waals surface area (Å²) in [6.07, 6.45) is 0. The van der Waals surface area contributed by atoms with E-state index >= 15 is 0 Å². The Morgan fingerprint density at radius 2 is 2.14 bits per heavy atom. The van der Waals surface area contributed by atoms with Crippen molar-refractivity contribution < 1.29 is 21.2 Å². The Balaban J connectivity index is 2.36. The molecule has 44 valence electrons. The molecular formula is C4H10IN2-. The molecular weight excluding hydrogens is 203 g/mol. The van der Waals surface area contributed by atoms with Gasteiger partial charge in [-0.3, -0.25) is 0 Å². The minimum atomic E-state index is -0.340. The second kappa shape index (κ2) is 1.56. The maximum absolute atomic E-state index is 5.55. The molecule has 0 aromatic carbocycles. The summed E-state index contributed by atoms with van der Waals surface area (Å²) >= 11 is 0.434. The molecule has 0 amide bonds. The molecule has 1 heterocycles. The third-order valence-corrected chi connectivity index (χ3v) is 4.09. The van der Waals surface area contributed by atoms with Gasteiger partial charge in [-0.25, -0.2) is 0 Å². The number of alkyl halides is 2. The second-order valence-corrected chi connectivity index (χ2v) is 5.41. The molecule has 0 saturated carbocycles. The van der Waals surface area contributed by atoms with Gasteiger partial charge in [0.2, 0.25) is 0 Å². The van der Waals surface area contributed by atoms with Crippen molar-refractivity contribution in [1.29, 1.82) is 0 Å². The van der Waals surface area contributed by atoms with Gasteiger partial charge in [0.05, 0.1) is 0 Å². The molecule has 0 spiro atoms. The fourth-order valence-electron chi connectivity index (χ4n) is 0.377. The van der Waals surface area contributed by atoms with Gasteiger partial charge in [0.25, 0.3) is 0 Å². The predicted octanol–water partition coefficient (Wildman–Crippen LogP) is -3.91. The molecule has 1 aliphatic rings. The SMILES string of the molecule is CC(N)(N)C1C[I-]1. The van der Waals surface area contributed by atoms with Crippen molar-refractivity contribution in [2.24, 2.45) is 11.5 Å². The molecule has 0 radical (unpaired) electrons. The van der Waals surface area contributed by atoms with Crippen molar-refractivity contribution in [2.75, 3.05) is 4.43 Å². The van der Waals surface area contributed by atoms with Crippen LogP contribution in [0.2, 0.25) is 0 Å². The molecule has 2 nitrogen and oxygen atoms in total. The van der Waals surface area contributed by atoms with Crippen molar-refractivity contribution in [1.82, 2.24) is 0 Å². The Morgan fingerprint density at radius 1 is 1.71 bits per heavy atom. The average molecular weight is 213 g/mol. The molecule has 1 aliphatic heterocycles. The van der Waals surface area contributed by atoms with Gasteiger partial charge in [0.1, 0.15) is 0 Å². The van der Waals surface area contributed by atoms with Crippen LogP contribution in [0.15, 0.2) is 0 Å². The molecule has 0 aromatic rings. The normalized spacial score (nSPS) is 31.6. The molecule has 1 fully saturated rings. The zero-order valence-corrected chi connectivity index (χ0v) is 6.47. The van der Waals surface area contributed by atoms with E-state index in [0.717, 1.165) is 0 Å². The van der Waals surface area contributed by atoms with Gasteiger partial charge < -0.3 is 0 Å². The molecule has 1 unspecified atom stereocenters. The zero-order chi connectivity index (χ0) is 5.49. The molecule has 7 heavy (non-hydrogen) atoms. The van der Waals surface area contributed by atoms with Crippen LogP contribution in [-0.4, -0.2) is 14.0 Å². The standard InChI is InChI=1S/C4H10IN2/c1-4(6,7)3-2-5-3/h3H,2,6-7H2,1H3/q-1. The van der Waals surface area contributed by atoms with Crippen molar-refractivity contribution in [2.45, 2.75) is 16.5 Å². The van der Waals surface area contributed by atoms with E-state index in [-0.39, 0.29) is 5.66 Å². The first-order valence-corrected chi connectivity index (χ1v) is 5.03. The van der Waals surface area contributed by atoms with E-state index in [1.165, 1.54) is 4.43 Å². The van der Waals surface area contributed by atoms with Crippen LogP contribution in [0.1, 0.15) is 6.92 Å². The number of hydrogen-bond donors (Lipinski definition) is 2. The first-order valence-electron chi connectivity index (χ1n) is 2.26. The molecule has 0 aromatic heterocycles. The van der Waals surface area contributed by atoms with Crippen LogP contribution in [0.5, 0.6) is 0 Å². The number of nitrogens with two attached hydrogens (primary N) is 2. The summed E-state index contributed by atoms with van der Waals surface area (Å²) in [7, 11) is 0. The van der Waals surface area contributed by atoms with Crippen LogP contribution in [0, 0.1) is 0 Å². The van der Waals surface area contributed by atoms with E-state index in [4.69, 9.17) is 11.5 Å². The Bertz CT molecular complexity index is 72.2. The summed E-state index contributed by atoms with van der Waals surface area (Å²) in [4.78, 5) is 0. The van der Waals surface area contributed by atoms with Crippen molar-refractivity contribution in [3.05, 3.63) is 0 Å². The van der Waals surface area contributed by atoms with Crippen LogP contribution >= 0.6 is 0 Å². The number of rotatable bonds is 1. The topological polar surface area (TPSA) is 52.0 Å². The van der Waals surface area contributed by atoms with Gasteiger partial charge in [0, 0.05) is 0 Å². The Morgan fingerprint density at radius 3 is 2.14 bits per heavy atom. The van der Waals surface area contributed by atoms with Crippen LogP contribution < -0.4 is 32.7 Å². The molecule has 3 heteroatoms. The van der Waals surface area contributed by atoms with E-state index in [1.807, 2.05) is 6.92 Å². The zero-order valence-electron chi connectivity index (χ0n) is 4.32. The third-order valence-electron chi connectivity index (χ3n) is 0.984. The van der Waals surface area contributed by atoms with Gasteiger partial charge in [-0.15, -0.1) is 0 Å². The fraction of sp³-hybridized carbons (Fsp3) is 1.00. The minimum absolute atomic E-state index is 0.340. The molecule has 1 atom stereocenters. The first kappa shape index (κ1) is 5.78. The van der Waals surface area contributed by atoms with E-state index in [2.05, 4.69) is 0 Å². The summed E-state index contributed by atoms with van der Waals surface area (Å²) in [5.74, 6) is 0. The monoisotopic (exact) mass is 213 g/mol. The van der Waals surface area contributed by atoms with Crippen molar-refractivity contribution >= 4 is 0 Å². The van der Waals surface area contributed by atoms with Crippen LogP contribution in [0.4, 0.5) is 0 Å². The third kappa shape index (κ3) is 1.54. The van der Waals surface area contributed by atoms with Gasteiger partial charge in [0.15, 0.2) is 0 Å². The summed E-state index contributed by atoms with van der Waals surface area (Å²) < 4.78 is 2.05. The van der Waals surface area contributed by atoms with Crippen LogP contribution in [0.3, 0.4) is 0 Å². The van der Waals surface area contributed by atoms with Crippen molar-refractivity contribution in [3.8, 4) is 0 Å². The van der Waals surface area contributed by atoms with E-state index in [0.29, 0.717) is 25.1 Å². The molecule has 1 saturated heterocycles. The molecule has 4 N–H and O–H groups in total. The van der Waals surface area contributed by atoms with E-state index in [9.17, 15) is 0 Å². The maximum atomic E-state index is 5.55. The van der Waals surface area contributed by atoms with Crippen LogP contribution in [-0.2, 0) is 0 Å². The number of halogens is 1. The predicted molar refractivity (Wildman–Crippen MR) is 25.4 cm³/mol. The van der Waals surface area contributed by atoms with Gasteiger partial charge in [-0.05, 0) is 0 Å². The Hall–Kier alpha value is 0.650. The van der Waals surface area contributed by atoms with Gasteiger partial charge in [-0.2, -0.15) is 0 Å². The second-order valence-electron chi connectivity index (χ2n) is 2.14. The summed E-state index contributed by atoms with van der Waals surface area (Å²) in [6, 6.07) is 0. The van der Waals surface area contributed by atoms with Crippen molar-refractivity contribution in [3.63, 3.8) is 0 Å². The first-order chi connectivity index (χ1) is 3.11. The average Bonchev–Trinajstić information content (AvgIpc) is 1.99. The van der Waals surface area contributed by atoms with Crippen LogP contribution in [0.25, 0.3) is 0 Å². The summed E-state index contributed by atoms with van der Waals surface area (Å²) in [5.41, 5.74) is 10.8.